The quantitative estimate of drug-likeness (QED) is 0.896. The third-order valence-electron chi connectivity index (χ3n) is 3.85. The molecule has 0 saturated carbocycles. The fourth-order valence-electron chi connectivity index (χ4n) is 2.44. The van der Waals surface area contributed by atoms with Gasteiger partial charge in [-0.2, -0.15) is 13.2 Å². The van der Waals surface area contributed by atoms with Gasteiger partial charge in [0.25, 0.3) is 0 Å². The van der Waals surface area contributed by atoms with Crippen molar-refractivity contribution in [2.45, 2.75) is 25.9 Å². The van der Waals surface area contributed by atoms with Crippen LogP contribution in [0.3, 0.4) is 0 Å². The maximum Gasteiger partial charge on any atom is 0.416 e. The predicted octanol–water partition coefficient (Wildman–Crippen LogP) is 3.03. The Morgan fingerprint density at radius 3 is 2.75 bits per heavy atom. The Kier molecular flexibility index (Phi) is 4.04. The molecule has 6 heteroatoms. The van der Waals surface area contributed by atoms with Crippen molar-refractivity contribution in [3.8, 4) is 0 Å². The summed E-state index contributed by atoms with van der Waals surface area (Å²) in [6, 6.07) is 4.72. The molecule has 1 aromatic carbocycles. The van der Waals surface area contributed by atoms with Crippen LogP contribution in [-0.2, 0) is 11.0 Å². The minimum Gasteiger partial charge on any atom is -0.326 e. The standard InChI is InChI=1S/C14H17F3N2O/c1-2-13(6-7-18-9-13)12(20)19-11-5-3-4-10(8-11)14(15,16)17/h3-5,8,18H,2,6-7,9H2,1H3,(H,19,20). The van der Waals surface area contributed by atoms with Gasteiger partial charge in [-0.05, 0) is 37.6 Å². The topological polar surface area (TPSA) is 41.1 Å². The van der Waals surface area contributed by atoms with E-state index in [1.54, 1.807) is 0 Å². The number of anilines is 1. The normalized spacial score (nSPS) is 22.8. The number of amides is 1. The van der Waals surface area contributed by atoms with Crippen LogP contribution >= 0.6 is 0 Å². The lowest BCUT2D eigenvalue weighted by Gasteiger charge is -2.25. The highest BCUT2D eigenvalue weighted by Crippen LogP contribution is 2.33. The number of carbonyl (C=O) groups excluding carboxylic acids is 1. The third-order valence-corrected chi connectivity index (χ3v) is 3.85. The minimum absolute atomic E-state index is 0.185. The highest BCUT2D eigenvalue weighted by molar-refractivity contribution is 5.95. The molecule has 2 rings (SSSR count). The number of carbonyl (C=O) groups is 1. The van der Waals surface area contributed by atoms with Crippen LogP contribution in [0, 0.1) is 5.41 Å². The number of alkyl halides is 3. The lowest BCUT2D eigenvalue weighted by atomic mass is 9.83. The highest BCUT2D eigenvalue weighted by atomic mass is 19.4. The Labute approximate surface area is 115 Å². The molecule has 0 aliphatic carbocycles. The van der Waals surface area contributed by atoms with E-state index in [4.69, 9.17) is 0 Å². The van der Waals surface area contributed by atoms with Crippen LogP contribution in [0.1, 0.15) is 25.3 Å². The van der Waals surface area contributed by atoms with E-state index in [-0.39, 0.29) is 11.6 Å². The first-order valence-corrected chi connectivity index (χ1v) is 6.57. The molecule has 1 aliphatic rings. The predicted molar refractivity (Wildman–Crippen MR) is 70.3 cm³/mol. The lowest BCUT2D eigenvalue weighted by molar-refractivity contribution is -0.137. The fraction of sp³-hybridized carbons (Fsp3) is 0.500. The second-order valence-electron chi connectivity index (χ2n) is 5.09. The van der Waals surface area contributed by atoms with Crippen LogP contribution in [0.15, 0.2) is 24.3 Å². The van der Waals surface area contributed by atoms with E-state index in [1.165, 1.54) is 12.1 Å². The number of benzene rings is 1. The molecule has 2 N–H and O–H groups in total. The monoisotopic (exact) mass is 286 g/mol. The van der Waals surface area contributed by atoms with Crippen molar-refractivity contribution in [2.24, 2.45) is 5.41 Å². The van der Waals surface area contributed by atoms with Gasteiger partial charge in [0.1, 0.15) is 0 Å². The summed E-state index contributed by atoms with van der Waals surface area (Å²) in [4.78, 5) is 12.3. The highest BCUT2D eigenvalue weighted by Gasteiger charge is 2.39. The van der Waals surface area contributed by atoms with Gasteiger partial charge in [0.15, 0.2) is 0 Å². The van der Waals surface area contributed by atoms with E-state index in [0.29, 0.717) is 19.4 Å². The van der Waals surface area contributed by atoms with Gasteiger partial charge in [0.2, 0.25) is 5.91 Å². The summed E-state index contributed by atoms with van der Waals surface area (Å²) in [6.07, 6.45) is -3.04. The van der Waals surface area contributed by atoms with Crippen molar-refractivity contribution in [1.29, 1.82) is 0 Å². The van der Waals surface area contributed by atoms with Crippen molar-refractivity contribution in [2.75, 3.05) is 18.4 Å². The van der Waals surface area contributed by atoms with Crippen molar-refractivity contribution in [1.82, 2.24) is 5.32 Å². The van der Waals surface area contributed by atoms with E-state index in [1.807, 2.05) is 6.92 Å². The first-order chi connectivity index (χ1) is 9.37. The molecule has 110 valence electrons. The number of rotatable bonds is 3. The van der Waals surface area contributed by atoms with Gasteiger partial charge >= 0.3 is 6.18 Å². The van der Waals surface area contributed by atoms with E-state index < -0.39 is 17.2 Å². The summed E-state index contributed by atoms with van der Waals surface area (Å²) in [5.41, 5.74) is -1.09. The molecule has 1 fully saturated rings. The van der Waals surface area contributed by atoms with Gasteiger partial charge < -0.3 is 10.6 Å². The van der Waals surface area contributed by atoms with Crippen LogP contribution in [0.5, 0.6) is 0 Å². The van der Waals surface area contributed by atoms with Gasteiger partial charge in [0, 0.05) is 12.2 Å². The Balaban J connectivity index is 2.16. The molecule has 1 aromatic rings. The van der Waals surface area contributed by atoms with Gasteiger partial charge in [-0.3, -0.25) is 4.79 Å². The Morgan fingerprint density at radius 1 is 1.45 bits per heavy atom. The van der Waals surface area contributed by atoms with Crippen molar-refractivity contribution < 1.29 is 18.0 Å². The van der Waals surface area contributed by atoms with Crippen LogP contribution in [0.2, 0.25) is 0 Å². The fourth-order valence-corrected chi connectivity index (χ4v) is 2.44. The smallest absolute Gasteiger partial charge is 0.326 e. The molecule has 1 amide bonds. The number of halogens is 3. The molecular weight excluding hydrogens is 269 g/mol. The zero-order valence-electron chi connectivity index (χ0n) is 11.2. The second-order valence-corrected chi connectivity index (χ2v) is 5.09. The van der Waals surface area contributed by atoms with Crippen LogP contribution in [-0.4, -0.2) is 19.0 Å². The van der Waals surface area contributed by atoms with E-state index >= 15 is 0 Å². The number of hydrogen-bond acceptors (Lipinski definition) is 2. The molecule has 0 radical (unpaired) electrons. The summed E-state index contributed by atoms with van der Waals surface area (Å²) in [5.74, 6) is -0.218. The maximum atomic E-state index is 12.6. The molecule has 1 unspecified atom stereocenters. The second kappa shape index (κ2) is 5.44. The summed E-state index contributed by atoms with van der Waals surface area (Å²) in [5, 5.41) is 5.73. The lowest BCUT2D eigenvalue weighted by Crippen LogP contribution is -2.37. The van der Waals surface area contributed by atoms with Gasteiger partial charge in [-0.1, -0.05) is 13.0 Å². The SMILES string of the molecule is CCC1(C(=O)Nc2cccc(C(F)(F)F)c2)CCNC1. The molecule has 1 atom stereocenters. The van der Waals surface area contributed by atoms with Crippen molar-refractivity contribution >= 4 is 11.6 Å². The van der Waals surface area contributed by atoms with Crippen molar-refractivity contribution in [3.63, 3.8) is 0 Å². The van der Waals surface area contributed by atoms with Gasteiger partial charge in [0.05, 0.1) is 11.0 Å². The molecule has 0 bridgehead atoms. The zero-order valence-corrected chi connectivity index (χ0v) is 11.2. The molecule has 20 heavy (non-hydrogen) atoms. The minimum atomic E-state index is -4.40. The van der Waals surface area contributed by atoms with Crippen LogP contribution in [0.4, 0.5) is 18.9 Å². The molecule has 1 aliphatic heterocycles. The Hall–Kier alpha value is -1.56. The first kappa shape index (κ1) is 14.8. The maximum absolute atomic E-state index is 12.6. The van der Waals surface area contributed by atoms with Gasteiger partial charge in [-0.15, -0.1) is 0 Å². The Morgan fingerprint density at radius 2 is 2.20 bits per heavy atom. The molecule has 1 saturated heterocycles. The number of nitrogens with one attached hydrogen (secondary N) is 2. The van der Waals surface area contributed by atoms with Crippen LogP contribution in [0.25, 0.3) is 0 Å². The average Bonchev–Trinajstić information content (AvgIpc) is 2.88. The molecule has 1 heterocycles. The van der Waals surface area contributed by atoms with Gasteiger partial charge in [-0.25, -0.2) is 0 Å². The third kappa shape index (κ3) is 2.95. The van der Waals surface area contributed by atoms with E-state index in [9.17, 15) is 18.0 Å². The molecular formula is C14H17F3N2O. The van der Waals surface area contributed by atoms with E-state index in [0.717, 1.165) is 18.7 Å². The first-order valence-electron chi connectivity index (χ1n) is 6.57. The number of hydrogen-bond donors (Lipinski definition) is 2. The molecule has 0 aromatic heterocycles. The summed E-state index contributed by atoms with van der Waals surface area (Å²) < 4.78 is 37.9. The van der Waals surface area contributed by atoms with Crippen LogP contribution < -0.4 is 10.6 Å². The summed E-state index contributed by atoms with van der Waals surface area (Å²) >= 11 is 0. The average molecular weight is 286 g/mol. The van der Waals surface area contributed by atoms with E-state index in [2.05, 4.69) is 10.6 Å². The van der Waals surface area contributed by atoms with Crippen molar-refractivity contribution in [3.05, 3.63) is 29.8 Å². The summed E-state index contributed by atoms with van der Waals surface area (Å²) in [7, 11) is 0. The zero-order chi connectivity index (χ0) is 14.8. The Bertz CT molecular complexity index is 493. The molecule has 0 spiro atoms. The molecule has 3 nitrogen and oxygen atoms in total. The summed E-state index contributed by atoms with van der Waals surface area (Å²) in [6.45, 7) is 3.23. The largest absolute Gasteiger partial charge is 0.416 e.